The average Bonchev–Trinajstić information content (AvgIpc) is 3.40. The van der Waals surface area contributed by atoms with Gasteiger partial charge in [-0.05, 0) is 77.8 Å². The van der Waals surface area contributed by atoms with Crippen molar-refractivity contribution < 1.29 is 28.6 Å². The SMILES string of the molecule is Cc1cc(F)c2c(c1)-c1cccc(c1)-c1cc3nc(C)c(C(OC(C)(C)C)C(=O)O)c(n3n1)N1CCC(C)(CC1)ON=CC(C)O2. The first kappa shape index (κ1) is 31.5. The Kier molecular flexibility index (Phi) is 8.00. The molecule has 0 saturated carbocycles. The van der Waals surface area contributed by atoms with E-state index in [1.54, 1.807) is 17.7 Å². The summed E-state index contributed by atoms with van der Waals surface area (Å²) in [6.45, 7) is 14.0. The summed E-state index contributed by atoms with van der Waals surface area (Å²) in [5.41, 5.74) is 3.79. The van der Waals surface area contributed by atoms with Gasteiger partial charge in [0.1, 0.15) is 17.5 Å². The van der Waals surface area contributed by atoms with Gasteiger partial charge in [0.25, 0.3) is 0 Å². The molecule has 2 unspecified atom stereocenters. The van der Waals surface area contributed by atoms with Gasteiger partial charge < -0.3 is 24.3 Å². The number of ether oxygens (including phenoxy) is 2. The number of aryl methyl sites for hydroxylation is 2. The summed E-state index contributed by atoms with van der Waals surface area (Å²) in [4.78, 5) is 25.8. The number of hydrogen-bond donors (Lipinski definition) is 1. The van der Waals surface area contributed by atoms with Gasteiger partial charge in [-0.25, -0.2) is 14.2 Å². The molecule has 11 heteroatoms. The summed E-state index contributed by atoms with van der Waals surface area (Å²) in [5.74, 6) is -0.823. The number of carbonyl (C=O) groups is 1. The lowest BCUT2D eigenvalue weighted by Crippen LogP contribution is -2.45. The molecule has 0 amide bonds. The van der Waals surface area contributed by atoms with E-state index in [1.165, 1.54) is 6.07 Å². The van der Waals surface area contributed by atoms with Crippen molar-refractivity contribution in [3.05, 3.63) is 65.1 Å². The molecule has 0 radical (unpaired) electrons. The molecular formula is C35H40FN5O5. The minimum atomic E-state index is -1.27. The maximum atomic E-state index is 15.4. The van der Waals surface area contributed by atoms with Crippen molar-refractivity contribution in [3.63, 3.8) is 0 Å². The number of halogens is 1. The summed E-state index contributed by atoms with van der Waals surface area (Å²) in [5, 5.41) is 19.7. The van der Waals surface area contributed by atoms with Crippen LogP contribution >= 0.6 is 0 Å². The summed E-state index contributed by atoms with van der Waals surface area (Å²) < 4.78 is 29.4. The molecule has 46 heavy (non-hydrogen) atoms. The van der Waals surface area contributed by atoms with Crippen molar-refractivity contribution >= 4 is 23.6 Å². The average molecular weight is 630 g/mol. The maximum absolute atomic E-state index is 15.4. The molecule has 7 rings (SSSR count). The number of oxime groups is 1. The van der Waals surface area contributed by atoms with Crippen LogP contribution in [0.5, 0.6) is 5.75 Å². The summed E-state index contributed by atoms with van der Waals surface area (Å²) in [7, 11) is 0. The van der Waals surface area contributed by atoms with Gasteiger partial charge in [0.15, 0.2) is 23.3 Å². The van der Waals surface area contributed by atoms with Crippen LogP contribution in [0.2, 0.25) is 0 Å². The van der Waals surface area contributed by atoms with Crippen molar-refractivity contribution in [1.82, 2.24) is 14.6 Å². The first-order chi connectivity index (χ1) is 21.7. The van der Waals surface area contributed by atoms with E-state index >= 15 is 4.39 Å². The number of rotatable bonds is 3. The molecule has 10 nitrogen and oxygen atoms in total. The number of aliphatic carboxylic acids is 1. The second-order valence-corrected chi connectivity index (χ2v) is 13.5. The van der Waals surface area contributed by atoms with Crippen LogP contribution in [0.15, 0.2) is 47.6 Å². The van der Waals surface area contributed by atoms with Crippen LogP contribution in [0.4, 0.5) is 10.2 Å². The first-order valence-electron chi connectivity index (χ1n) is 15.6. The Balaban J connectivity index is 1.59. The predicted octanol–water partition coefficient (Wildman–Crippen LogP) is 6.90. The number of carboxylic acid groups (broad SMARTS) is 1. The fourth-order valence-electron chi connectivity index (χ4n) is 6.11. The van der Waals surface area contributed by atoms with Crippen LogP contribution in [0.25, 0.3) is 28.0 Å². The number of aromatic nitrogens is 3. The highest BCUT2D eigenvalue weighted by Crippen LogP contribution is 2.40. The van der Waals surface area contributed by atoms with Crippen molar-refractivity contribution in [2.75, 3.05) is 18.0 Å². The van der Waals surface area contributed by atoms with Crippen LogP contribution in [-0.2, 0) is 14.4 Å². The zero-order valence-electron chi connectivity index (χ0n) is 27.3. The van der Waals surface area contributed by atoms with E-state index in [2.05, 4.69) is 10.1 Å². The molecule has 1 fully saturated rings. The number of fused-ring (bicyclic) bond motifs is 5. The molecule has 4 aromatic rings. The Morgan fingerprint density at radius 2 is 1.85 bits per heavy atom. The molecular weight excluding hydrogens is 589 g/mol. The monoisotopic (exact) mass is 629 g/mol. The molecule has 1 saturated heterocycles. The van der Waals surface area contributed by atoms with Crippen LogP contribution in [0, 0.1) is 19.7 Å². The zero-order valence-corrected chi connectivity index (χ0v) is 27.3. The molecule has 242 valence electrons. The minimum Gasteiger partial charge on any atom is -0.481 e. The summed E-state index contributed by atoms with van der Waals surface area (Å²) >= 11 is 0. The molecule has 0 spiro atoms. The largest absolute Gasteiger partial charge is 0.481 e. The Bertz CT molecular complexity index is 1840. The molecule has 3 aliphatic heterocycles. The van der Waals surface area contributed by atoms with Gasteiger partial charge >= 0.3 is 5.97 Å². The molecule has 2 aromatic carbocycles. The van der Waals surface area contributed by atoms with E-state index in [0.29, 0.717) is 59.9 Å². The Morgan fingerprint density at radius 3 is 2.54 bits per heavy atom. The zero-order chi connectivity index (χ0) is 33.0. The number of nitrogens with zero attached hydrogens (tertiary/aromatic N) is 5. The number of benzene rings is 2. The van der Waals surface area contributed by atoms with Gasteiger partial charge in [0.05, 0.1) is 23.1 Å². The van der Waals surface area contributed by atoms with Crippen LogP contribution in [-0.4, -0.2) is 62.3 Å². The van der Waals surface area contributed by atoms with E-state index in [4.69, 9.17) is 24.4 Å². The van der Waals surface area contributed by atoms with Crippen LogP contribution < -0.4 is 9.64 Å². The Hall–Kier alpha value is -4.51. The molecule has 2 aromatic heterocycles. The van der Waals surface area contributed by atoms with Crippen molar-refractivity contribution in [1.29, 1.82) is 0 Å². The number of piperidine rings is 1. The second kappa shape index (κ2) is 11.7. The van der Waals surface area contributed by atoms with Gasteiger partial charge in [-0.2, -0.15) is 9.61 Å². The van der Waals surface area contributed by atoms with E-state index < -0.39 is 35.2 Å². The lowest BCUT2D eigenvalue weighted by molar-refractivity contribution is -0.160. The van der Waals surface area contributed by atoms with Crippen LogP contribution in [0.1, 0.15) is 70.4 Å². The fourth-order valence-corrected chi connectivity index (χ4v) is 6.11. The molecule has 3 aliphatic rings. The lowest BCUT2D eigenvalue weighted by Gasteiger charge is -2.40. The van der Waals surface area contributed by atoms with E-state index in [-0.39, 0.29) is 5.75 Å². The minimum absolute atomic E-state index is 0.125. The highest BCUT2D eigenvalue weighted by atomic mass is 19.1. The van der Waals surface area contributed by atoms with Crippen molar-refractivity contribution in [2.24, 2.45) is 5.16 Å². The molecule has 2 atom stereocenters. The highest BCUT2D eigenvalue weighted by molar-refractivity contribution is 5.80. The Labute approximate surface area is 267 Å². The van der Waals surface area contributed by atoms with Gasteiger partial charge in [-0.15, -0.1) is 0 Å². The van der Waals surface area contributed by atoms with Gasteiger partial charge in [0.2, 0.25) is 0 Å². The smallest absolute Gasteiger partial charge is 0.337 e. The maximum Gasteiger partial charge on any atom is 0.337 e. The summed E-state index contributed by atoms with van der Waals surface area (Å²) in [6.07, 6.45) is 0.910. The molecule has 6 bridgehead atoms. The van der Waals surface area contributed by atoms with Gasteiger partial charge in [-0.1, -0.05) is 23.4 Å². The van der Waals surface area contributed by atoms with Crippen molar-refractivity contribution in [3.8, 4) is 28.1 Å². The highest BCUT2D eigenvalue weighted by Gasteiger charge is 2.38. The van der Waals surface area contributed by atoms with E-state index in [0.717, 1.165) is 16.7 Å². The lowest BCUT2D eigenvalue weighted by atomic mass is 9.93. The van der Waals surface area contributed by atoms with Crippen molar-refractivity contribution in [2.45, 2.75) is 84.7 Å². The topological polar surface area (TPSA) is 111 Å². The second-order valence-electron chi connectivity index (χ2n) is 13.5. The van der Waals surface area contributed by atoms with Gasteiger partial charge in [0, 0.05) is 48.8 Å². The van der Waals surface area contributed by atoms with E-state index in [9.17, 15) is 9.90 Å². The third kappa shape index (κ3) is 6.16. The Morgan fingerprint density at radius 1 is 1.13 bits per heavy atom. The number of hydrogen-bond acceptors (Lipinski definition) is 8. The third-order valence-corrected chi connectivity index (χ3v) is 8.39. The van der Waals surface area contributed by atoms with Crippen LogP contribution in [0.3, 0.4) is 0 Å². The standard InChI is InChI=1S/C35H40FN5O5/c1-20-15-25-23-9-8-10-24(17-23)27-18-28-38-22(3)29(31(33(42)43)45-34(4,5)6)32(41(28)39-27)40-13-11-35(7,12-14-40)46-37-19-21(2)44-30(25)26(36)16-20/h8-10,15-19,21,31H,11-14H2,1-7H3,(H,42,43). The fraction of sp³-hybridized carbons (Fsp3) is 0.429. The number of anilines is 1. The first-order valence-corrected chi connectivity index (χ1v) is 15.6. The molecule has 1 N–H and O–H groups in total. The van der Waals surface area contributed by atoms with Gasteiger partial charge in [-0.3, -0.25) is 0 Å². The summed E-state index contributed by atoms with van der Waals surface area (Å²) in [6, 6.07) is 12.9. The number of carboxylic acids is 1. The molecule has 5 heterocycles. The van der Waals surface area contributed by atoms with E-state index in [1.807, 2.05) is 77.9 Å². The quantitative estimate of drug-likeness (QED) is 0.261. The predicted molar refractivity (Wildman–Crippen MR) is 174 cm³/mol. The normalized spacial score (nSPS) is 20.5. The molecule has 0 aliphatic carbocycles. The third-order valence-electron chi connectivity index (χ3n) is 8.39.